The highest BCUT2D eigenvalue weighted by Crippen LogP contribution is 2.24. The molecule has 1 amide bonds. The Morgan fingerprint density at radius 1 is 1.27 bits per heavy atom. The van der Waals surface area contributed by atoms with Crippen LogP contribution in [0, 0.1) is 5.82 Å². The first-order chi connectivity index (χ1) is 14.2. The molecule has 1 aliphatic rings. The van der Waals surface area contributed by atoms with E-state index < -0.39 is 0 Å². The minimum Gasteiger partial charge on any atom is -0.351 e. The summed E-state index contributed by atoms with van der Waals surface area (Å²) in [7, 11) is 1.98. The molecule has 0 aliphatic carbocycles. The van der Waals surface area contributed by atoms with Gasteiger partial charge in [-0.05, 0) is 70.5 Å². The summed E-state index contributed by atoms with van der Waals surface area (Å²) in [5, 5.41) is 8.24. The summed E-state index contributed by atoms with van der Waals surface area (Å²) < 4.78 is 13.6. The highest BCUT2D eigenvalue weighted by molar-refractivity contribution is 5.79. The topological polar surface area (TPSA) is 52.6 Å². The first kappa shape index (κ1) is 22.2. The van der Waals surface area contributed by atoms with Crippen LogP contribution in [0.25, 0.3) is 0 Å². The molecule has 0 saturated carbocycles. The van der Waals surface area contributed by atoms with E-state index in [4.69, 9.17) is 0 Å². The van der Waals surface area contributed by atoms with E-state index in [1.54, 1.807) is 12.3 Å². The van der Waals surface area contributed by atoms with Crippen LogP contribution in [-0.4, -0.2) is 64.2 Å². The van der Waals surface area contributed by atoms with Gasteiger partial charge in [-0.1, -0.05) is 12.1 Å². The van der Waals surface area contributed by atoms with Crippen LogP contribution >= 0.6 is 0 Å². The lowest BCUT2D eigenvalue weighted by molar-refractivity contribution is -0.137. The molecule has 1 saturated heterocycles. The molecule has 1 aromatic carbocycles. The van der Waals surface area contributed by atoms with Gasteiger partial charge in [0.2, 0.25) is 5.91 Å². The van der Waals surface area contributed by atoms with Crippen LogP contribution in [0.4, 0.5) is 10.2 Å². The molecule has 2 heterocycles. The molecule has 162 valence electrons. The van der Waals surface area contributed by atoms with Crippen molar-refractivity contribution in [1.29, 1.82) is 0 Å². The summed E-state index contributed by atoms with van der Waals surface area (Å²) in [5.74, 6) is 0.650. The van der Waals surface area contributed by atoms with Crippen LogP contribution in [0.1, 0.15) is 39.2 Å². The smallest absolute Gasteiger partial charge is 0.237 e. The van der Waals surface area contributed by atoms with Gasteiger partial charge in [0.05, 0.1) is 6.54 Å². The molecule has 0 radical (unpaired) electrons. The fraction of sp³-hybridized carbons (Fsp3) is 0.522. The van der Waals surface area contributed by atoms with Crippen molar-refractivity contribution in [3.8, 4) is 0 Å². The standard InChI is InChI=1S/C23H32FN5O/c1-23(2,3)29(15-18-8-5-9-19(24)14-18)22(30)17-27(4)16-20-10-7-13-28(20)21-11-6-12-25-26-21/h5-6,8-9,11-12,14,20H,7,10,13,15-17H2,1-4H3. The van der Waals surface area contributed by atoms with Crippen molar-refractivity contribution in [2.45, 2.75) is 51.7 Å². The largest absolute Gasteiger partial charge is 0.351 e. The maximum absolute atomic E-state index is 13.6. The number of nitrogens with zero attached hydrogens (tertiary/aromatic N) is 5. The number of hydrogen-bond acceptors (Lipinski definition) is 5. The molecule has 30 heavy (non-hydrogen) atoms. The Kier molecular flexibility index (Phi) is 7.02. The Hall–Kier alpha value is -2.54. The van der Waals surface area contributed by atoms with Crippen LogP contribution < -0.4 is 4.90 Å². The lowest BCUT2D eigenvalue weighted by Gasteiger charge is -2.37. The summed E-state index contributed by atoms with van der Waals surface area (Å²) in [6.07, 6.45) is 3.86. The van der Waals surface area contributed by atoms with Crippen LogP contribution in [0.5, 0.6) is 0 Å². The minimum absolute atomic E-state index is 0.0401. The van der Waals surface area contributed by atoms with Crippen molar-refractivity contribution in [3.05, 3.63) is 54.0 Å². The van der Waals surface area contributed by atoms with E-state index in [2.05, 4.69) is 20.0 Å². The molecule has 2 aromatic rings. The molecular weight excluding hydrogens is 381 g/mol. The maximum atomic E-state index is 13.6. The van der Waals surface area contributed by atoms with Gasteiger partial charge in [0, 0.05) is 37.4 Å². The van der Waals surface area contributed by atoms with E-state index >= 15 is 0 Å². The molecule has 0 spiro atoms. The van der Waals surface area contributed by atoms with Gasteiger partial charge >= 0.3 is 0 Å². The normalized spacial score (nSPS) is 16.9. The van der Waals surface area contributed by atoms with E-state index in [0.717, 1.165) is 37.3 Å². The molecule has 1 aliphatic heterocycles. The quantitative estimate of drug-likeness (QED) is 0.697. The van der Waals surface area contributed by atoms with Gasteiger partial charge in [0.25, 0.3) is 0 Å². The number of amides is 1. The lowest BCUT2D eigenvalue weighted by Crippen LogP contribution is -2.50. The highest BCUT2D eigenvalue weighted by atomic mass is 19.1. The van der Waals surface area contributed by atoms with Gasteiger partial charge in [0.1, 0.15) is 5.82 Å². The second-order valence-electron chi connectivity index (χ2n) is 9.05. The molecule has 1 unspecified atom stereocenters. The van der Waals surface area contributed by atoms with Crippen molar-refractivity contribution >= 4 is 11.7 Å². The molecule has 7 heteroatoms. The molecule has 1 aromatic heterocycles. The van der Waals surface area contributed by atoms with Crippen molar-refractivity contribution < 1.29 is 9.18 Å². The van der Waals surface area contributed by atoms with Crippen LogP contribution in [-0.2, 0) is 11.3 Å². The van der Waals surface area contributed by atoms with Crippen LogP contribution in [0.2, 0.25) is 0 Å². The van der Waals surface area contributed by atoms with Crippen LogP contribution in [0.15, 0.2) is 42.6 Å². The van der Waals surface area contributed by atoms with Crippen molar-refractivity contribution in [1.82, 2.24) is 20.0 Å². The van der Waals surface area contributed by atoms with E-state index in [0.29, 0.717) is 19.1 Å². The number of aromatic nitrogens is 2. The van der Waals surface area contributed by atoms with Gasteiger partial charge in [-0.2, -0.15) is 5.10 Å². The third-order valence-corrected chi connectivity index (χ3v) is 5.50. The third-order valence-electron chi connectivity index (χ3n) is 5.50. The number of carbonyl (C=O) groups excluding carboxylic acids is 1. The lowest BCUT2D eigenvalue weighted by atomic mass is 10.0. The first-order valence-corrected chi connectivity index (χ1v) is 10.5. The van der Waals surface area contributed by atoms with E-state index in [-0.39, 0.29) is 17.3 Å². The Balaban J connectivity index is 1.63. The minimum atomic E-state index is -0.358. The predicted molar refractivity (Wildman–Crippen MR) is 117 cm³/mol. The highest BCUT2D eigenvalue weighted by Gasteiger charge is 2.30. The van der Waals surface area contributed by atoms with E-state index in [1.165, 1.54) is 12.1 Å². The van der Waals surface area contributed by atoms with Gasteiger partial charge in [-0.25, -0.2) is 4.39 Å². The number of halogens is 1. The fourth-order valence-electron chi connectivity index (χ4n) is 4.03. The Morgan fingerprint density at radius 3 is 2.73 bits per heavy atom. The second-order valence-corrected chi connectivity index (χ2v) is 9.05. The van der Waals surface area contributed by atoms with Crippen molar-refractivity contribution in [2.24, 2.45) is 0 Å². The number of likely N-dealkylation sites (N-methyl/N-ethyl adjacent to an activating group) is 1. The number of benzene rings is 1. The summed E-state index contributed by atoms with van der Waals surface area (Å²) >= 11 is 0. The number of carbonyl (C=O) groups is 1. The maximum Gasteiger partial charge on any atom is 0.237 e. The Morgan fingerprint density at radius 2 is 2.07 bits per heavy atom. The molecule has 1 atom stereocenters. The molecule has 3 rings (SSSR count). The Bertz CT molecular complexity index is 839. The van der Waals surface area contributed by atoms with Gasteiger partial charge in [-0.3, -0.25) is 9.69 Å². The summed E-state index contributed by atoms with van der Waals surface area (Å²) in [5.41, 5.74) is 0.439. The summed E-state index contributed by atoms with van der Waals surface area (Å²) in [6.45, 7) is 8.48. The summed E-state index contributed by atoms with van der Waals surface area (Å²) in [6, 6.07) is 10.7. The zero-order valence-electron chi connectivity index (χ0n) is 18.4. The second kappa shape index (κ2) is 9.51. The average molecular weight is 414 g/mol. The van der Waals surface area contributed by atoms with Crippen LogP contribution in [0.3, 0.4) is 0 Å². The Labute approximate surface area is 178 Å². The average Bonchev–Trinajstić information content (AvgIpc) is 3.13. The van der Waals surface area contributed by atoms with Crippen molar-refractivity contribution in [2.75, 3.05) is 31.6 Å². The molecule has 0 N–H and O–H groups in total. The predicted octanol–water partition coefficient (Wildman–Crippen LogP) is 3.34. The van der Waals surface area contributed by atoms with Gasteiger partial charge in [0.15, 0.2) is 5.82 Å². The monoisotopic (exact) mass is 413 g/mol. The molecule has 0 bridgehead atoms. The number of anilines is 1. The van der Waals surface area contributed by atoms with E-state index in [1.807, 2.05) is 50.9 Å². The first-order valence-electron chi connectivity index (χ1n) is 10.5. The molecule has 1 fully saturated rings. The molecular formula is C23H32FN5O. The fourth-order valence-corrected chi connectivity index (χ4v) is 4.03. The summed E-state index contributed by atoms with van der Waals surface area (Å²) in [4.78, 5) is 19.4. The zero-order chi connectivity index (χ0) is 21.7. The zero-order valence-corrected chi connectivity index (χ0v) is 18.4. The van der Waals surface area contributed by atoms with Gasteiger partial charge < -0.3 is 9.80 Å². The number of rotatable bonds is 7. The van der Waals surface area contributed by atoms with Crippen molar-refractivity contribution in [3.63, 3.8) is 0 Å². The third kappa shape index (κ3) is 5.75. The number of hydrogen-bond donors (Lipinski definition) is 0. The molecule has 6 nitrogen and oxygen atoms in total. The SMILES string of the molecule is CN(CC(=O)N(Cc1cccc(F)c1)C(C)(C)C)CC1CCCN1c1cccnn1. The van der Waals surface area contributed by atoms with Gasteiger partial charge in [-0.15, -0.1) is 5.10 Å². The van der Waals surface area contributed by atoms with E-state index in [9.17, 15) is 9.18 Å².